The van der Waals surface area contributed by atoms with Crippen LogP contribution in [0.3, 0.4) is 0 Å². The standard InChI is InChI=1S/C10H8ClNO/c11-7-1-2-8-3-5-9(6-4-8)10(12)13/h3-6H,7H2,(H2,12,13). The second-order valence-electron chi connectivity index (χ2n) is 2.38. The van der Waals surface area contributed by atoms with Gasteiger partial charge in [0.2, 0.25) is 5.91 Å². The normalized spacial score (nSPS) is 8.69. The molecule has 2 N–H and O–H groups in total. The minimum atomic E-state index is -0.433. The average Bonchev–Trinajstić information content (AvgIpc) is 2.15. The van der Waals surface area contributed by atoms with Gasteiger partial charge in [-0.2, -0.15) is 0 Å². The molecular formula is C10H8ClNO. The Labute approximate surface area is 81.7 Å². The maximum atomic E-state index is 10.7. The number of primary amides is 1. The first-order valence-electron chi connectivity index (χ1n) is 3.68. The fraction of sp³-hybridized carbons (Fsp3) is 0.100. The molecule has 0 radical (unpaired) electrons. The van der Waals surface area contributed by atoms with E-state index in [1.807, 2.05) is 0 Å². The smallest absolute Gasteiger partial charge is 0.248 e. The van der Waals surface area contributed by atoms with E-state index in [1.165, 1.54) is 0 Å². The molecular weight excluding hydrogens is 186 g/mol. The number of carbonyl (C=O) groups excluding carboxylic acids is 1. The summed E-state index contributed by atoms with van der Waals surface area (Å²) in [5.41, 5.74) is 6.38. The maximum Gasteiger partial charge on any atom is 0.248 e. The number of halogens is 1. The van der Waals surface area contributed by atoms with Crippen molar-refractivity contribution in [3.05, 3.63) is 35.4 Å². The van der Waals surface area contributed by atoms with E-state index in [9.17, 15) is 4.79 Å². The zero-order chi connectivity index (χ0) is 9.68. The molecule has 1 aromatic rings. The number of rotatable bonds is 1. The summed E-state index contributed by atoms with van der Waals surface area (Å²) in [4.78, 5) is 10.7. The van der Waals surface area contributed by atoms with Crippen molar-refractivity contribution in [1.29, 1.82) is 0 Å². The summed E-state index contributed by atoms with van der Waals surface area (Å²) in [6.45, 7) is 0. The maximum absolute atomic E-state index is 10.7. The van der Waals surface area contributed by atoms with E-state index in [0.717, 1.165) is 5.56 Å². The summed E-state index contributed by atoms with van der Waals surface area (Å²) in [6, 6.07) is 6.75. The van der Waals surface area contributed by atoms with E-state index in [0.29, 0.717) is 11.4 Å². The third-order valence-electron chi connectivity index (χ3n) is 1.47. The number of hydrogen-bond acceptors (Lipinski definition) is 1. The van der Waals surface area contributed by atoms with Crippen molar-refractivity contribution in [2.75, 3.05) is 5.88 Å². The van der Waals surface area contributed by atoms with Gasteiger partial charge in [-0.25, -0.2) is 0 Å². The quantitative estimate of drug-likeness (QED) is 0.532. The number of alkyl halides is 1. The van der Waals surface area contributed by atoms with Crippen LogP contribution in [0.15, 0.2) is 24.3 Å². The largest absolute Gasteiger partial charge is 0.366 e. The van der Waals surface area contributed by atoms with Gasteiger partial charge in [-0.15, -0.1) is 11.6 Å². The lowest BCUT2D eigenvalue weighted by Gasteiger charge is -1.93. The van der Waals surface area contributed by atoms with Crippen LogP contribution in [0.1, 0.15) is 15.9 Å². The van der Waals surface area contributed by atoms with Crippen molar-refractivity contribution in [1.82, 2.24) is 0 Å². The van der Waals surface area contributed by atoms with Crippen LogP contribution in [0.4, 0.5) is 0 Å². The molecule has 0 bridgehead atoms. The van der Waals surface area contributed by atoms with Crippen molar-refractivity contribution in [2.45, 2.75) is 0 Å². The van der Waals surface area contributed by atoms with Gasteiger partial charge < -0.3 is 5.73 Å². The van der Waals surface area contributed by atoms with E-state index >= 15 is 0 Å². The monoisotopic (exact) mass is 193 g/mol. The van der Waals surface area contributed by atoms with Crippen LogP contribution in [-0.4, -0.2) is 11.8 Å². The molecule has 0 aliphatic carbocycles. The molecule has 1 rings (SSSR count). The number of nitrogens with two attached hydrogens (primary N) is 1. The molecule has 0 heterocycles. The highest BCUT2D eigenvalue weighted by Crippen LogP contribution is 2.01. The van der Waals surface area contributed by atoms with E-state index in [-0.39, 0.29) is 0 Å². The van der Waals surface area contributed by atoms with Crippen LogP contribution in [-0.2, 0) is 0 Å². The molecule has 2 nitrogen and oxygen atoms in total. The molecule has 0 unspecified atom stereocenters. The van der Waals surface area contributed by atoms with E-state index in [4.69, 9.17) is 17.3 Å². The Morgan fingerprint density at radius 3 is 2.46 bits per heavy atom. The van der Waals surface area contributed by atoms with Crippen LogP contribution < -0.4 is 5.73 Å². The molecule has 0 spiro atoms. The van der Waals surface area contributed by atoms with Gasteiger partial charge in [-0.3, -0.25) is 4.79 Å². The number of carbonyl (C=O) groups is 1. The molecule has 0 fully saturated rings. The summed E-state index contributed by atoms with van der Waals surface area (Å²) >= 11 is 5.39. The first kappa shape index (κ1) is 9.63. The number of benzene rings is 1. The molecule has 13 heavy (non-hydrogen) atoms. The van der Waals surface area contributed by atoms with Crippen molar-refractivity contribution in [3.8, 4) is 11.8 Å². The average molecular weight is 194 g/mol. The summed E-state index contributed by atoms with van der Waals surface area (Å²) in [6.07, 6.45) is 0. The minimum absolute atomic E-state index is 0.303. The Kier molecular flexibility index (Phi) is 3.36. The summed E-state index contributed by atoms with van der Waals surface area (Å²) in [5, 5.41) is 0. The highest BCUT2D eigenvalue weighted by atomic mass is 35.5. The lowest BCUT2D eigenvalue weighted by molar-refractivity contribution is 0.100. The lowest BCUT2D eigenvalue weighted by atomic mass is 10.1. The zero-order valence-electron chi connectivity index (χ0n) is 6.88. The van der Waals surface area contributed by atoms with Gasteiger partial charge in [0.05, 0.1) is 5.88 Å². The van der Waals surface area contributed by atoms with E-state index in [1.54, 1.807) is 24.3 Å². The Balaban J connectivity index is 2.87. The first-order chi connectivity index (χ1) is 6.24. The van der Waals surface area contributed by atoms with Gasteiger partial charge >= 0.3 is 0 Å². The fourth-order valence-electron chi connectivity index (χ4n) is 0.853. The third-order valence-corrected chi connectivity index (χ3v) is 1.60. The number of hydrogen-bond donors (Lipinski definition) is 1. The van der Waals surface area contributed by atoms with Crippen LogP contribution in [0, 0.1) is 11.8 Å². The summed E-state index contributed by atoms with van der Waals surface area (Å²) in [5.74, 6) is 5.41. The SMILES string of the molecule is NC(=O)c1ccc(C#CCCl)cc1. The molecule has 66 valence electrons. The zero-order valence-corrected chi connectivity index (χ0v) is 7.64. The van der Waals surface area contributed by atoms with Crippen LogP contribution in [0.2, 0.25) is 0 Å². The fourth-order valence-corrected chi connectivity index (χ4v) is 0.920. The molecule has 0 saturated carbocycles. The van der Waals surface area contributed by atoms with Gasteiger partial charge in [0.1, 0.15) is 0 Å². The predicted octanol–water partition coefficient (Wildman–Crippen LogP) is 1.38. The van der Waals surface area contributed by atoms with Gasteiger partial charge in [0.15, 0.2) is 0 Å². The second-order valence-corrected chi connectivity index (χ2v) is 2.64. The first-order valence-corrected chi connectivity index (χ1v) is 4.22. The molecule has 0 atom stereocenters. The van der Waals surface area contributed by atoms with Crippen molar-refractivity contribution in [2.24, 2.45) is 5.73 Å². The molecule has 0 aliphatic heterocycles. The van der Waals surface area contributed by atoms with Crippen molar-refractivity contribution < 1.29 is 4.79 Å². The molecule has 1 aromatic carbocycles. The Morgan fingerprint density at radius 2 is 2.00 bits per heavy atom. The minimum Gasteiger partial charge on any atom is -0.366 e. The molecule has 0 aromatic heterocycles. The van der Waals surface area contributed by atoms with Gasteiger partial charge in [-0.1, -0.05) is 11.8 Å². The van der Waals surface area contributed by atoms with Gasteiger partial charge in [-0.05, 0) is 24.3 Å². The Hall–Kier alpha value is -1.46. The molecule has 0 saturated heterocycles. The van der Waals surface area contributed by atoms with Crippen LogP contribution >= 0.6 is 11.6 Å². The van der Waals surface area contributed by atoms with E-state index < -0.39 is 5.91 Å². The highest BCUT2D eigenvalue weighted by Gasteiger charge is 1.97. The topological polar surface area (TPSA) is 43.1 Å². The lowest BCUT2D eigenvalue weighted by Crippen LogP contribution is -2.10. The van der Waals surface area contributed by atoms with E-state index in [2.05, 4.69) is 11.8 Å². The highest BCUT2D eigenvalue weighted by molar-refractivity contribution is 6.19. The van der Waals surface area contributed by atoms with Gasteiger partial charge in [0.25, 0.3) is 0 Å². The molecule has 0 aliphatic rings. The van der Waals surface area contributed by atoms with Gasteiger partial charge in [0, 0.05) is 11.1 Å². The van der Waals surface area contributed by atoms with Crippen molar-refractivity contribution in [3.63, 3.8) is 0 Å². The summed E-state index contributed by atoms with van der Waals surface area (Å²) in [7, 11) is 0. The van der Waals surface area contributed by atoms with Crippen LogP contribution in [0.5, 0.6) is 0 Å². The Morgan fingerprint density at radius 1 is 1.38 bits per heavy atom. The Bertz CT molecular complexity index is 359. The number of amides is 1. The predicted molar refractivity (Wildman–Crippen MR) is 52.6 cm³/mol. The molecule has 1 amide bonds. The summed E-state index contributed by atoms with van der Waals surface area (Å²) < 4.78 is 0. The second kappa shape index (κ2) is 4.54. The van der Waals surface area contributed by atoms with Crippen LogP contribution in [0.25, 0.3) is 0 Å². The third kappa shape index (κ3) is 2.81. The molecule has 3 heteroatoms. The van der Waals surface area contributed by atoms with Crippen molar-refractivity contribution >= 4 is 17.5 Å².